The van der Waals surface area contributed by atoms with E-state index >= 15 is 0 Å². The highest BCUT2D eigenvalue weighted by atomic mass is 31.2. The summed E-state index contributed by atoms with van der Waals surface area (Å²) in [6.45, 7) is 4.08. The lowest BCUT2D eigenvalue weighted by molar-refractivity contribution is 0.582. The number of fused-ring (bicyclic) bond motifs is 3. The zero-order valence-corrected chi connectivity index (χ0v) is 21.6. The molecular weight excluding hydrogens is 455 g/mol. The molecule has 2 heteroatoms. The summed E-state index contributed by atoms with van der Waals surface area (Å²) in [7, 11) is -2.38. The third-order valence-corrected chi connectivity index (χ3v) is 10.9. The van der Waals surface area contributed by atoms with Gasteiger partial charge in [-0.15, -0.1) is 0 Å². The van der Waals surface area contributed by atoms with E-state index in [9.17, 15) is 4.57 Å². The lowest BCUT2D eigenvalue weighted by atomic mass is 9.85. The quantitative estimate of drug-likeness (QED) is 0.176. The van der Waals surface area contributed by atoms with Crippen LogP contribution in [0.15, 0.2) is 115 Å². The first-order valence-corrected chi connectivity index (χ1v) is 14.8. The van der Waals surface area contributed by atoms with E-state index in [1.165, 1.54) is 49.0 Å². The molecule has 1 nitrogen and oxygen atoms in total. The Morgan fingerprint density at radius 2 is 1.00 bits per heavy atom. The summed E-state index contributed by atoms with van der Waals surface area (Å²) in [6, 6.07) is 41.2. The van der Waals surface area contributed by atoms with Crippen molar-refractivity contribution in [3.8, 4) is 22.3 Å². The lowest BCUT2D eigenvalue weighted by Crippen LogP contribution is -2.08. The van der Waals surface area contributed by atoms with Crippen LogP contribution in [-0.2, 0) is 4.57 Å². The Kier molecular flexibility index (Phi) is 5.75. The Balaban J connectivity index is 1.70. The van der Waals surface area contributed by atoms with Crippen molar-refractivity contribution in [3.63, 3.8) is 0 Å². The summed E-state index contributed by atoms with van der Waals surface area (Å²) in [5.41, 5.74) is 4.83. The molecule has 0 amide bonds. The number of hydrogen-bond acceptors (Lipinski definition) is 1. The molecule has 0 aliphatic heterocycles. The van der Waals surface area contributed by atoms with Crippen LogP contribution in [0.1, 0.15) is 13.8 Å². The maximum Gasteiger partial charge on any atom is 0.115 e. The average molecular weight is 485 g/mol. The van der Waals surface area contributed by atoms with E-state index in [-0.39, 0.29) is 0 Å². The van der Waals surface area contributed by atoms with Crippen molar-refractivity contribution in [2.75, 3.05) is 12.3 Å². The Morgan fingerprint density at radius 3 is 1.56 bits per heavy atom. The molecule has 0 fully saturated rings. The molecule has 0 atom stereocenters. The molecule has 6 aromatic rings. The van der Waals surface area contributed by atoms with Crippen molar-refractivity contribution >= 4 is 44.8 Å². The van der Waals surface area contributed by atoms with Gasteiger partial charge in [-0.25, -0.2) is 0 Å². The number of rotatable bonds is 5. The monoisotopic (exact) mass is 484 g/mol. The van der Waals surface area contributed by atoms with Crippen molar-refractivity contribution in [1.82, 2.24) is 0 Å². The van der Waals surface area contributed by atoms with Crippen LogP contribution in [0.2, 0.25) is 0 Å². The number of hydrogen-bond donors (Lipinski definition) is 0. The topological polar surface area (TPSA) is 17.1 Å². The third kappa shape index (κ3) is 3.67. The van der Waals surface area contributed by atoms with Crippen molar-refractivity contribution in [3.05, 3.63) is 115 Å². The van der Waals surface area contributed by atoms with E-state index in [0.29, 0.717) is 12.3 Å². The van der Waals surface area contributed by atoms with Gasteiger partial charge in [0.1, 0.15) is 7.14 Å². The van der Waals surface area contributed by atoms with Crippen LogP contribution in [0.25, 0.3) is 54.6 Å². The predicted octanol–water partition coefficient (Wildman–Crippen LogP) is 9.51. The maximum absolute atomic E-state index is 13.6. The molecule has 0 aliphatic rings. The molecule has 0 spiro atoms. The van der Waals surface area contributed by atoms with E-state index in [1.54, 1.807) is 0 Å². The van der Waals surface area contributed by atoms with Gasteiger partial charge in [-0.3, -0.25) is 0 Å². The van der Waals surface area contributed by atoms with Gasteiger partial charge in [0.05, 0.1) is 0 Å². The van der Waals surface area contributed by atoms with E-state index in [4.69, 9.17) is 0 Å². The van der Waals surface area contributed by atoms with Crippen LogP contribution in [-0.4, -0.2) is 12.3 Å². The normalized spacial score (nSPS) is 11.9. The van der Waals surface area contributed by atoms with E-state index in [1.807, 2.05) is 19.9 Å². The van der Waals surface area contributed by atoms with Gasteiger partial charge in [0.25, 0.3) is 0 Å². The molecule has 0 unspecified atom stereocenters. The van der Waals surface area contributed by atoms with Crippen LogP contribution in [0.3, 0.4) is 0 Å². The van der Waals surface area contributed by atoms with Crippen molar-refractivity contribution in [2.24, 2.45) is 0 Å². The molecule has 0 radical (unpaired) electrons. The van der Waals surface area contributed by atoms with Crippen LogP contribution in [0.5, 0.6) is 0 Å². The minimum atomic E-state index is -2.38. The smallest absolute Gasteiger partial charge is 0.115 e. The Morgan fingerprint density at radius 1 is 0.500 bits per heavy atom. The minimum Gasteiger partial charge on any atom is -0.319 e. The van der Waals surface area contributed by atoms with E-state index in [2.05, 4.69) is 109 Å². The van der Waals surface area contributed by atoms with Crippen molar-refractivity contribution < 1.29 is 4.57 Å². The lowest BCUT2D eigenvalue weighted by Gasteiger charge is -2.20. The van der Waals surface area contributed by atoms with Crippen molar-refractivity contribution in [2.45, 2.75) is 13.8 Å². The highest BCUT2D eigenvalue weighted by Gasteiger charge is 2.22. The Labute approximate surface area is 212 Å². The van der Waals surface area contributed by atoms with E-state index in [0.717, 1.165) is 10.9 Å². The van der Waals surface area contributed by atoms with Gasteiger partial charge >= 0.3 is 0 Å². The first kappa shape index (κ1) is 22.8. The second-order valence-electron chi connectivity index (χ2n) is 9.48. The van der Waals surface area contributed by atoms with Gasteiger partial charge in [0.2, 0.25) is 0 Å². The molecule has 0 aliphatic carbocycles. The van der Waals surface area contributed by atoms with Crippen LogP contribution in [0, 0.1) is 0 Å². The molecular formula is C34H29OP. The second-order valence-corrected chi connectivity index (χ2v) is 13.0. The summed E-state index contributed by atoms with van der Waals surface area (Å²) >= 11 is 0. The summed E-state index contributed by atoms with van der Waals surface area (Å²) in [5.74, 6) is 0. The summed E-state index contributed by atoms with van der Waals surface area (Å²) < 4.78 is 13.6. The third-order valence-electron chi connectivity index (χ3n) is 7.60. The van der Waals surface area contributed by atoms with Gasteiger partial charge in [-0.1, -0.05) is 117 Å². The molecule has 0 saturated carbocycles. The SMILES string of the molecule is CCP(=O)(CC)c1cccc(-c2c3ccccc3c(-c3ccc4ccccc4c3)c3ccccc23)c1. The largest absolute Gasteiger partial charge is 0.319 e. The molecule has 0 saturated heterocycles. The van der Waals surface area contributed by atoms with Gasteiger partial charge in [0.15, 0.2) is 0 Å². The molecule has 36 heavy (non-hydrogen) atoms. The fraction of sp³-hybridized carbons (Fsp3) is 0.118. The first-order valence-electron chi connectivity index (χ1n) is 12.7. The van der Waals surface area contributed by atoms with Gasteiger partial charge in [-0.05, 0) is 66.7 Å². The molecule has 0 aromatic heterocycles. The highest BCUT2D eigenvalue weighted by Crippen LogP contribution is 2.46. The van der Waals surface area contributed by atoms with Crippen LogP contribution in [0.4, 0.5) is 0 Å². The second kappa shape index (κ2) is 9.08. The van der Waals surface area contributed by atoms with Gasteiger partial charge in [0, 0.05) is 17.6 Å². The first-order chi connectivity index (χ1) is 17.6. The zero-order valence-electron chi connectivity index (χ0n) is 20.7. The van der Waals surface area contributed by atoms with Crippen LogP contribution < -0.4 is 5.30 Å². The Bertz CT molecular complexity index is 1730. The number of benzene rings is 6. The van der Waals surface area contributed by atoms with E-state index < -0.39 is 7.14 Å². The summed E-state index contributed by atoms with van der Waals surface area (Å²) in [5, 5.41) is 8.40. The molecule has 0 heterocycles. The maximum atomic E-state index is 13.6. The molecule has 0 N–H and O–H groups in total. The molecule has 6 rings (SSSR count). The molecule has 6 aromatic carbocycles. The minimum absolute atomic E-state index is 0.690. The van der Waals surface area contributed by atoms with Gasteiger partial charge in [-0.2, -0.15) is 0 Å². The fourth-order valence-corrected chi connectivity index (χ4v) is 7.51. The zero-order chi connectivity index (χ0) is 24.7. The highest BCUT2D eigenvalue weighted by molar-refractivity contribution is 7.71. The average Bonchev–Trinajstić information content (AvgIpc) is 2.95. The molecule has 176 valence electrons. The Hall–Kier alpha value is -3.67. The molecule has 0 bridgehead atoms. The van der Waals surface area contributed by atoms with Gasteiger partial charge < -0.3 is 4.57 Å². The standard InChI is InChI=1S/C34H29OP/c1-3-36(35,4-2)28-15-11-14-26(23-28)33-29-16-7-9-18-31(29)34(32-19-10-8-17-30(32)33)27-21-20-24-12-5-6-13-25(24)22-27/h5-23H,3-4H2,1-2H3. The van der Waals surface area contributed by atoms with Crippen LogP contribution >= 0.6 is 7.14 Å². The predicted molar refractivity (Wildman–Crippen MR) is 158 cm³/mol. The summed E-state index contributed by atoms with van der Waals surface area (Å²) in [4.78, 5) is 0. The summed E-state index contributed by atoms with van der Waals surface area (Å²) in [6.07, 6.45) is 1.38. The van der Waals surface area contributed by atoms with Crippen molar-refractivity contribution in [1.29, 1.82) is 0 Å². The fourth-order valence-electron chi connectivity index (χ4n) is 5.60.